The third-order valence-electron chi connectivity index (χ3n) is 3.72. The minimum atomic E-state index is -0.383. The van der Waals surface area contributed by atoms with Crippen LogP contribution in [0.1, 0.15) is 39.5 Å². The van der Waals surface area contributed by atoms with E-state index < -0.39 is 0 Å². The molecule has 0 radical (unpaired) electrons. The summed E-state index contributed by atoms with van der Waals surface area (Å²) in [6.45, 7) is 4.96. The average molecular weight is 224 g/mol. The summed E-state index contributed by atoms with van der Waals surface area (Å²) in [5, 5.41) is 2.66. The van der Waals surface area contributed by atoms with E-state index in [2.05, 4.69) is 5.32 Å². The molecule has 2 fully saturated rings. The number of piperidine rings is 1. The third kappa shape index (κ3) is 2.36. The van der Waals surface area contributed by atoms with Crippen molar-refractivity contribution in [1.29, 1.82) is 0 Å². The summed E-state index contributed by atoms with van der Waals surface area (Å²) in [6.07, 6.45) is 4.92. The molecule has 90 valence electrons. The van der Waals surface area contributed by atoms with Gasteiger partial charge in [-0.25, -0.2) is 0 Å². The van der Waals surface area contributed by atoms with Gasteiger partial charge in [0.1, 0.15) is 6.04 Å². The van der Waals surface area contributed by atoms with Crippen LogP contribution in [0, 0.1) is 5.41 Å². The highest BCUT2D eigenvalue weighted by atomic mass is 16.2. The summed E-state index contributed by atoms with van der Waals surface area (Å²) in [5.74, 6) is -0.0693. The molecule has 2 rings (SSSR count). The van der Waals surface area contributed by atoms with Crippen molar-refractivity contribution < 1.29 is 9.59 Å². The number of amides is 2. The molecule has 1 atom stereocenters. The molecule has 1 aliphatic carbocycles. The lowest BCUT2D eigenvalue weighted by Gasteiger charge is -2.34. The monoisotopic (exact) mass is 224 g/mol. The summed E-state index contributed by atoms with van der Waals surface area (Å²) in [5.41, 5.74) is 0.448. The normalized spacial score (nSPS) is 24.0. The Hall–Kier alpha value is -1.06. The van der Waals surface area contributed by atoms with Crippen LogP contribution in [0.3, 0.4) is 0 Å². The maximum absolute atomic E-state index is 12.1. The van der Waals surface area contributed by atoms with E-state index in [9.17, 15) is 9.59 Å². The summed E-state index contributed by atoms with van der Waals surface area (Å²) in [6, 6.07) is -0.383. The van der Waals surface area contributed by atoms with E-state index in [-0.39, 0.29) is 17.9 Å². The van der Waals surface area contributed by atoms with Gasteiger partial charge in [0, 0.05) is 20.0 Å². The zero-order chi connectivity index (χ0) is 11.8. The Balaban J connectivity index is 1.90. The van der Waals surface area contributed by atoms with E-state index in [1.165, 1.54) is 26.2 Å². The number of rotatable bonds is 2. The van der Waals surface area contributed by atoms with Gasteiger partial charge in [-0.3, -0.25) is 9.59 Å². The highest BCUT2D eigenvalue weighted by Crippen LogP contribution is 2.52. The Kier molecular flexibility index (Phi) is 2.91. The number of carbonyl (C=O) groups excluding carboxylic acids is 2. The van der Waals surface area contributed by atoms with Crippen molar-refractivity contribution >= 4 is 11.8 Å². The lowest BCUT2D eigenvalue weighted by Crippen LogP contribution is -2.50. The van der Waals surface area contributed by atoms with Crippen LogP contribution in [0.4, 0.5) is 0 Å². The summed E-state index contributed by atoms with van der Waals surface area (Å²) in [7, 11) is 0. The van der Waals surface area contributed by atoms with Gasteiger partial charge in [-0.15, -0.1) is 0 Å². The van der Waals surface area contributed by atoms with Gasteiger partial charge in [0.25, 0.3) is 0 Å². The highest BCUT2D eigenvalue weighted by molar-refractivity contribution is 5.86. The van der Waals surface area contributed by atoms with Gasteiger partial charge in [-0.05, 0) is 38.0 Å². The molecule has 0 bridgehead atoms. The lowest BCUT2D eigenvalue weighted by molar-refractivity contribution is -0.137. The molecule has 1 aliphatic heterocycles. The fraction of sp³-hybridized carbons (Fsp3) is 0.833. The van der Waals surface area contributed by atoms with E-state index in [1.54, 1.807) is 6.92 Å². The maximum Gasteiger partial charge on any atom is 0.244 e. The zero-order valence-corrected chi connectivity index (χ0v) is 10.1. The van der Waals surface area contributed by atoms with Crippen LogP contribution in [-0.4, -0.2) is 35.8 Å². The van der Waals surface area contributed by atoms with Crippen molar-refractivity contribution in [3.05, 3.63) is 0 Å². The largest absolute Gasteiger partial charge is 0.345 e. The molecule has 1 saturated heterocycles. The van der Waals surface area contributed by atoms with E-state index in [4.69, 9.17) is 0 Å². The molecule has 0 aromatic carbocycles. The molecule has 0 aromatic rings. The molecule has 2 aliphatic rings. The number of nitrogens with one attached hydrogen (secondary N) is 1. The molecular weight excluding hydrogens is 204 g/mol. The van der Waals surface area contributed by atoms with Gasteiger partial charge in [0.15, 0.2) is 0 Å². The Morgan fingerprint density at radius 1 is 1.31 bits per heavy atom. The second-order valence-electron chi connectivity index (χ2n) is 5.29. The predicted octanol–water partition coefficient (Wildman–Crippen LogP) is 0.914. The topological polar surface area (TPSA) is 49.4 Å². The summed E-state index contributed by atoms with van der Waals surface area (Å²) in [4.78, 5) is 24.9. The number of hydrogen-bond acceptors (Lipinski definition) is 2. The molecule has 1 N–H and O–H groups in total. The Morgan fingerprint density at radius 2 is 2.00 bits per heavy atom. The van der Waals surface area contributed by atoms with Gasteiger partial charge in [0.2, 0.25) is 11.8 Å². The standard InChI is InChI=1S/C12H20N2O2/c1-9(13-10(2)15)11(16)14-7-3-4-12(8-14)5-6-12/h9H,3-8H2,1-2H3,(H,13,15)/t9-/m0/s1. The van der Waals surface area contributed by atoms with Crippen LogP contribution >= 0.6 is 0 Å². The van der Waals surface area contributed by atoms with Crippen LogP contribution in [-0.2, 0) is 9.59 Å². The fourth-order valence-electron chi connectivity index (χ4n) is 2.62. The van der Waals surface area contributed by atoms with E-state index in [1.807, 2.05) is 4.90 Å². The smallest absolute Gasteiger partial charge is 0.244 e. The first kappa shape index (κ1) is 11.4. The third-order valence-corrected chi connectivity index (χ3v) is 3.72. The van der Waals surface area contributed by atoms with E-state index in [0.29, 0.717) is 5.41 Å². The first-order valence-electron chi connectivity index (χ1n) is 6.08. The fourth-order valence-corrected chi connectivity index (χ4v) is 2.62. The Labute approximate surface area is 96.4 Å². The molecule has 0 unspecified atom stereocenters. The quantitative estimate of drug-likeness (QED) is 0.758. The van der Waals surface area contributed by atoms with Crippen LogP contribution in [0.5, 0.6) is 0 Å². The number of likely N-dealkylation sites (tertiary alicyclic amines) is 1. The molecule has 1 heterocycles. The second kappa shape index (κ2) is 4.07. The van der Waals surface area contributed by atoms with Gasteiger partial charge in [-0.2, -0.15) is 0 Å². The lowest BCUT2D eigenvalue weighted by atomic mass is 9.94. The minimum Gasteiger partial charge on any atom is -0.345 e. The van der Waals surface area contributed by atoms with Crippen LogP contribution < -0.4 is 5.32 Å². The molecule has 1 saturated carbocycles. The average Bonchev–Trinajstić information content (AvgIpc) is 2.95. The Morgan fingerprint density at radius 3 is 2.56 bits per heavy atom. The van der Waals surface area contributed by atoms with Crippen LogP contribution in [0.15, 0.2) is 0 Å². The zero-order valence-electron chi connectivity index (χ0n) is 10.1. The van der Waals surface area contributed by atoms with Crippen molar-refractivity contribution in [3.63, 3.8) is 0 Å². The maximum atomic E-state index is 12.1. The van der Waals surface area contributed by atoms with Gasteiger partial charge in [-0.1, -0.05) is 0 Å². The SMILES string of the molecule is CC(=O)N[C@@H](C)C(=O)N1CCCC2(CC2)C1. The number of nitrogens with zero attached hydrogens (tertiary/aromatic N) is 1. The van der Waals surface area contributed by atoms with Crippen molar-refractivity contribution in [2.75, 3.05) is 13.1 Å². The van der Waals surface area contributed by atoms with Crippen molar-refractivity contribution in [1.82, 2.24) is 10.2 Å². The van der Waals surface area contributed by atoms with Crippen molar-refractivity contribution in [2.24, 2.45) is 5.41 Å². The molecule has 16 heavy (non-hydrogen) atoms. The second-order valence-corrected chi connectivity index (χ2v) is 5.29. The number of carbonyl (C=O) groups is 2. The highest BCUT2D eigenvalue weighted by Gasteiger charge is 2.46. The molecule has 0 aromatic heterocycles. The Bertz CT molecular complexity index is 310. The van der Waals surface area contributed by atoms with Gasteiger partial charge < -0.3 is 10.2 Å². The number of hydrogen-bond donors (Lipinski definition) is 1. The van der Waals surface area contributed by atoms with Crippen molar-refractivity contribution in [2.45, 2.75) is 45.6 Å². The molecule has 4 nitrogen and oxygen atoms in total. The van der Waals surface area contributed by atoms with E-state index in [0.717, 1.165) is 19.5 Å². The summed E-state index contributed by atoms with van der Waals surface area (Å²) < 4.78 is 0. The van der Waals surface area contributed by atoms with Crippen LogP contribution in [0.2, 0.25) is 0 Å². The molecular formula is C12H20N2O2. The van der Waals surface area contributed by atoms with E-state index >= 15 is 0 Å². The van der Waals surface area contributed by atoms with Crippen LogP contribution in [0.25, 0.3) is 0 Å². The first-order valence-corrected chi connectivity index (χ1v) is 6.08. The predicted molar refractivity (Wildman–Crippen MR) is 60.8 cm³/mol. The minimum absolute atomic E-state index is 0.0705. The van der Waals surface area contributed by atoms with Gasteiger partial charge >= 0.3 is 0 Å². The molecule has 2 amide bonds. The summed E-state index contributed by atoms with van der Waals surface area (Å²) >= 11 is 0. The molecule has 1 spiro atoms. The van der Waals surface area contributed by atoms with Gasteiger partial charge in [0.05, 0.1) is 0 Å². The first-order chi connectivity index (χ1) is 7.52. The molecule has 4 heteroatoms. The van der Waals surface area contributed by atoms with Crippen molar-refractivity contribution in [3.8, 4) is 0 Å².